The first-order chi connectivity index (χ1) is 11.7. The summed E-state index contributed by atoms with van der Waals surface area (Å²) in [5, 5.41) is 7.69. The molecule has 0 saturated carbocycles. The Bertz CT molecular complexity index is 788. The average molecular weight is 324 g/mol. The van der Waals surface area contributed by atoms with E-state index in [0.717, 1.165) is 41.8 Å². The largest absolute Gasteiger partial charge is 0.367 e. The number of allylic oxidation sites excluding steroid dienone is 2. The number of likely N-dealkylation sites (N-methyl/N-ethyl adjacent to an activating group) is 1. The molecule has 1 saturated heterocycles. The number of H-pyrrole nitrogens is 1. The van der Waals surface area contributed by atoms with Crippen molar-refractivity contribution in [3.05, 3.63) is 30.2 Å². The summed E-state index contributed by atoms with van der Waals surface area (Å²) in [5.41, 5.74) is 4.04. The van der Waals surface area contributed by atoms with E-state index in [9.17, 15) is 0 Å². The third-order valence-electron chi connectivity index (χ3n) is 4.65. The molecular formula is C18H24N6. The van der Waals surface area contributed by atoms with Crippen molar-refractivity contribution in [2.75, 3.05) is 18.5 Å². The third-order valence-corrected chi connectivity index (χ3v) is 4.65. The summed E-state index contributed by atoms with van der Waals surface area (Å²) in [6.45, 7) is 8.59. The van der Waals surface area contributed by atoms with E-state index in [0.29, 0.717) is 6.04 Å². The van der Waals surface area contributed by atoms with Crippen LogP contribution in [0.1, 0.15) is 26.7 Å². The average Bonchev–Trinajstić information content (AvgIpc) is 3.09. The van der Waals surface area contributed by atoms with Crippen molar-refractivity contribution in [1.82, 2.24) is 15.0 Å². The predicted octanol–water partition coefficient (Wildman–Crippen LogP) is 3.71. The first-order valence-electron chi connectivity index (χ1n) is 8.26. The quantitative estimate of drug-likeness (QED) is 0.872. The van der Waals surface area contributed by atoms with E-state index in [1.54, 1.807) is 6.20 Å². The molecule has 1 N–H and O–H groups in total. The first kappa shape index (κ1) is 16.2. The maximum Gasteiger partial charge on any atom is 0.139 e. The molecule has 1 aliphatic heterocycles. The summed E-state index contributed by atoms with van der Waals surface area (Å²) in [7, 11) is 2.12. The number of nitrogens with one attached hydrogen (secondary N) is 1. The molecule has 0 amide bonds. The number of fused-ring (bicyclic) bond motifs is 1. The van der Waals surface area contributed by atoms with Crippen LogP contribution in [-0.4, -0.2) is 47.5 Å². The summed E-state index contributed by atoms with van der Waals surface area (Å²) in [4.78, 5) is 14.1. The number of rotatable bonds is 4. The monoisotopic (exact) mass is 324 g/mol. The van der Waals surface area contributed by atoms with Crippen LogP contribution in [0.3, 0.4) is 0 Å². The van der Waals surface area contributed by atoms with Crippen LogP contribution in [0.15, 0.2) is 40.3 Å². The zero-order valence-corrected chi connectivity index (χ0v) is 14.5. The lowest BCUT2D eigenvalue weighted by molar-refractivity contribution is 0.273. The van der Waals surface area contributed by atoms with E-state index in [1.807, 2.05) is 25.4 Å². The van der Waals surface area contributed by atoms with Crippen molar-refractivity contribution < 1.29 is 0 Å². The van der Waals surface area contributed by atoms with Gasteiger partial charge in [-0.25, -0.2) is 4.98 Å². The number of hydrogen-bond acceptors (Lipinski definition) is 5. The second-order valence-electron chi connectivity index (χ2n) is 5.93. The van der Waals surface area contributed by atoms with Gasteiger partial charge in [0.25, 0.3) is 0 Å². The van der Waals surface area contributed by atoms with Crippen LogP contribution in [0.5, 0.6) is 0 Å². The molecule has 1 unspecified atom stereocenters. The molecule has 0 spiro atoms. The highest BCUT2D eigenvalue weighted by molar-refractivity contribution is 5.96. The maximum absolute atomic E-state index is 4.52. The van der Waals surface area contributed by atoms with E-state index >= 15 is 0 Å². The minimum atomic E-state index is 0.346. The number of aromatic amines is 1. The Kier molecular flexibility index (Phi) is 4.64. The highest BCUT2D eigenvalue weighted by atomic mass is 15.5. The van der Waals surface area contributed by atoms with Crippen molar-refractivity contribution in [3.8, 4) is 0 Å². The number of aromatic nitrogens is 2. The molecule has 2 aromatic rings. The third kappa shape index (κ3) is 2.79. The van der Waals surface area contributed by atoms with Gasteiger partial charge in [-0.2, -0.15) is 5.10 Å². The van der Waals surface area contributed by atoms with Gasteiger partial charge in [0.15, 0.2) is 0 Å². The Hall–Kier alpha value is -2.63. The van der Waals surface area contributed by atoms with Crippen molar-refractivity contribution in [3.63, 3.8) is 0 Å². The highest BCUT2D eigenvalue weighted by Crippen LogP contribution is 2.37. The predicted molar refractivity (Wildman–Crippen MR) is 101 cm³/mol. The Balaban J connectivity index is 1.96. The van der Waals surface area contributed by atoms with E-state index < -0.39 is 0 Å². The Morgan fingerprint density at radius 3 is 3.00 bits per heavy atom. The van der Waals surface area contributed by atoms with Crippen LogP contribution in [0.2, 0.25) is 0 Å². The lowest BCUT2D eigenvalue weighted by Gasteiger charge is -2.39. The molecule has 3 rings (SSSR count). The van der Waals surface area contributed by atoms with Crippen molar-refractivity contribution in [2.45, 2.75) is 32.7 Å². The topological polar surface area (TPSA) is 59.9 Å². The molecular weight excluding hydrogens is 300 g/mol. The number of aliphatic imine (C=N–C) groups is 1. The van der Waals surface area contributed by atoms with Gasteiger partial charge in [0.05, 0.1) is 18.4 Å². The number of hydrazone groups is 1. The Morgan fingerprint density at radius 2 is 2.29 bits per heavy atom. The van der Waals surface area contributed by atoms with Gasteiger partial charge in [-0.3, -0.25) is 10.0 Å². The van der Waals surface area contributed by atoms with Crippen LogP contribution in [0.25, 0.3) is 11.0 Å². The van der Waals surface area contributed by atoms with Crippen molar-refractivity contribution in [2.24, 2.45) is 10.1 Å². The fourth-order valence-corrected chi connectivity index (χ4v) is 3.37. The van der Waals surface area contributed by atoms with Gasteiger partial charge in [-0.15, -0.1) is 0 Å². The zero-order chi connectivity index (χ0) is 17.1. The number of anilines is 1. The fourth-order valence-electron chi connectivity index (χ4n) is 3.37. The molecule has 1 aliphatic rings. The summed E-state index contributed by atoms with van der Waals surface area (Å²) >= 11 is 0. The summed E-state index contributed by atoms with van der Waals surface area (Å²) in [6.07, 6.45) is 9.78. The first-order valence-corrected chi connectivity index (χ1v) is 8.26. The second kappa shape index (κ2) is 6.86. The number of piperidine rings is 1. The lowest BCUT2D eigenvalue weighted by Crippen LogP contribution is -2.44. The zero-order valence-electron chi connectivity index (χ0n) is 14.5. The second-order valence-corrected chi connectivity index (χ2v) is 5.93. The molecule has 1 atom stereocenters. The molecule has 0 aromatic carbocycles. The summed E-state index contributed by atoms with van der Waals surface area (Å²) in [5.74, 6) is 0. The van der Waals surface area contributed by atoms with Crippen LogP contribution in [0, 0.1) is 0 Å². The lowest BCUT2D eigenvalue weighted by atomic mass is 10.0. The standard InChI is InChI=1S/C18H24N6/c1-5-13-7-8-14(12-24(13)22-6-2)23(4)17-15-9-10-20-18(15)21-11-16(17)19-3/h5-6,9-11,14H,3,7-8,12H2,1-2,4H3,(H,20,21)/b13-5-,22-6-. The molecule has 126 valence electrons. The highest BCUT2D eigenvalue weighted by Gasteiger charge is 2.27. The number of pyridine rings is 1. The van der Waals surface area contributed by atoms with Gasteiger partial charge >= 0.3 is 0 Å². The SMILES string of the molecule is C=Nc1cnc2[nH]ccc2c1N(C)C1CC/C(=C/C)N(/N=C\C)C1. The Labute approximate surface area is 142 Å². The minimum absolute atomic E-state index is 0.346. The number of hydrogen-bond donors (Lipinski definition) is 1. The summed E-state index contributed by atoms with van der Waals surface area (Å²) < 4.78 is 0. The van der Waals surface area contributed by atoms with Gasteiger partial charge in [0.1, 0.15) is 11.3 Å². The van der Waals surface area contributed by atoms with Gasteiger partial charge in [-0.05, 0) is 39.5 Å². The van der Waals surface area contributed by atoms with Crippen LogP contribution >= 0.6 is 0 Å². The van der Waals surface area contributed by atoms with Crippen molar-refractivity contribution >= 4 is 35.3 Å². The maximum atomic E-state index is 4.52. The smallest absolute Gasteiger partial charge is 0.139 e. The molecule has 24 heavy (non-hydrogen) atoms. The molecule has 2 aromatic heterocycles. The minimum Gasteiger partial charge on any atom is -0.367 e. The molecule has 6 heteroatoms. The molecule has 3 heterocycles. The Morgan fingerprint density at radius 1 is 1.46 bits per heavy atom. The van der Waals surface area contributed by atoms with Crippen LogP contribution in [-0.2, 0) is 0 Å². The van der Waals surface area contributed by atoms with E-state index in [1.165, 1.54) is 5.70 Å². The number of nitrogens with zero attached hydrogens (tertiary/aromatic N) is 5. The van der Waals surface area contributed by atoms with Gasteiger partial charge in [0.2, 0.25) is 0 Å². The van der Waals surface area contributed by atoms with Gasteiger partial charge in [0, 0.05) is 36.6 Å². The molecule has 6 nitrogen and oxygen atoms in total. The molecule has 0 radical (unpaired) electrons. The molecule has 0 aliphatic carbocycles. The molecule has 1 fully saturated rings. The normalized spacial score (nSPS) is 20.2. The van der Waals surface area contributed by atoms with E-state index in [2.05, 4.69) is 56.7 Å². The molecule has 0 bridgehead atoms. The van der Waals surface area contributed by atoms with Crippen LogP contribution < -0.4 is 4.90 Å². The van der Waals surface area contributed by atoms with Gasteiger partial charge < -0.3 is 9.88 Å². The van der Waals surface area contributed by atoms with E-state index in [4.69, 9.17) is 0 Å². The summed E-state index contributed by atoms with van der Waals surface area (Å²) in [6, 6.07) is 2.39. The fraction of sp³-hybridized carbons (Fsp3) is 0.389. The van der Waals surface area contributed by atoms with Crippen LogP contribution in [0.4, 0.5) is 11.4 Å². The van der Waals surface area contributed by atoms with Gasteiger partial charge in [-0.1, -0.05) is 6.08 Å². The van der Waals surface area contributed by atoms with Crippen molar-refractivity contribution in [1.29, 1.82) is 0 Å². The van der Waals surface area contributed by atoms with E-state index in [-0.39, 0.29) is 0 Å².